The van der Waals surface area contributed by atoms with E-state index in [1.54, 1.807) is 49.5 Å². The van der Waals surface area contributed by atoms with Crippen molar-refractivity contribution in [3.63, 3.8) is 0 Å². The molecular formula is C21H17N3O3. The number of rotatable bonds is 3. The molecule has 0 aliphatic heterocycles. The average Bonchev–Trinajstić information content (AvgIpc) is 3.09. The lowest BCUT2D eigenvalue weighted by atomic mass is 10.1. The second-order valence-electron chi connectivity index (χ2n) is 6.32. The number of nitrogens with one attached hydrogen (secondary N) is 1. The van der Waals surface area contributed by atoms with Crippen molar-refractivity contribution >= 4 is 22.4 Å². The molecule has 4 aromatic rings. The van der Waals surface area contributed by atoms with E-state index in [9.17, 15) is 9.59 Å². The van der Waals surface area contributed by atoms with Gasteiger partial charge in [0.1, 0.15) is 5.76 Å². The summed E-state index contributed by atoms with van der Waals surface area (Å²) in [5.41, 5.74) is 1.84. The van der Waals surface area contributed by atoms with Crippen molar-refractivity contribution in [1.82, 2.24) is 9.72 Å². The predicted octanol–water partition coefficient (Wildman–Crippen LogP) is 3.85. The molecule has 0 unspecified atom stereocenters. The van der Waals surface area contributed by atoms with Gasteiger partial charge in [-0.25, -0.2) is 0 Å². The van der Waals surface area contributed by atoms with Crippen LogP contribution in [0, 0.1) is 13.8 Å². The Morgan fingerprint density at radius 3 is 2.59 bits per heavy atom. The molecule has 1 N–H and O–H groups in total. The maximum atomic E-state index is 12.9. The number of hydrogen-bond acceptors (Lipinski definition) is 4. The van der Waals surface area contributed by atoms with Crippen molar-refractivity contribution in [1.29, 1.82) is 0 Å². The van der Waals surface area contributed by atoms with Crippen molar-refractivity contribution in [3.05, 3.63) is 88.0 Å². The molecule has 0 aliphatic carbocycles. The van der Waals surface area contributed by atoms with E-state index in [-0.39, 0.29) is 11.5 Å². The van der Waals surface area contributed by atoms with Gasteiger partial charge >= 0.3 is 0 Å². The minimum absolute atomic E-state index is 0.211. The van der Waals surface area contributed by atoms with Gasteiger partial charge in [0, 0.05) is 34.3 Å². The Hall–Kier alpha value is -3.67. The topological polar surface area (TPSA) is 77.1 Å². The summed E-state index contributed by atoms with van der Waals surface area (Å²) in [6.45, 7) is 3.65. The number of carbonyl (C=O) groups is 1. The monoisotopic (exact) mass is 359 g/mol. The maximum absolute atomic E-state index is 12.9. The molecule has 0 atom stereocenters. The van der Waals surface area contributed by atoms with E-state index in [4.69, 9.17) is 4.52 Å². The zero-order valence-electron chi connectivity index (χ0n) is 14.9. The highest BCUT2D eigenvalue weighted by atomic mass is 16.5. The molecule has 2 aromatic carbocycles. The van der Waals surface area contributed by atoms with Crippen LogP contribution in [-0.4, -0.2) is 15.6 Å². The van der Waals surface area contributed by atoms with Crippen LogP contribution in [0.25, 0.3) is 16.6 Å². The quantitative estimate of drug-likeness (QED) is 0.603. The van der Waals surface area contributed by atoms with Gasteiger partial charge in [-0.2, -0.15) is 0 Å². The van der Waals surface area contributed by atoms with Crippen LogP contribution in [0.2, 0.25) is 0 Å². The number of hydrogen-bond donors (Lipinski definition) is 1. The van der Waals surface area contributed by atoms with Crippen molar-refractivity contribution in [2.24, 2.45) is 0 Å². The number of amides is 1. The summed E-state index contributed by atoms with van der Waals surface area (Å²) in [5.74, 6) is 0.835. The van der Waals surface area contributed by atoms with Crippen LogP contribution in [0.1, 0.15) is 21.7 Å². The van der Waals surface area contributed by atoms with E-state index in [2.05, 4.69) is 10.5 Å². The van der Waals surface area contributed by atoms with E-state index in [0.717, 1.165) is 5.56 Å². The molecule has 134 valence electrons. The molecule has 4 rings (SSSR count). The van der Waals surface area contributed by atoms with Gasteiger partial charge in [0.05, 0.1) is 0 Å². The smallest absolute Gasteiger partial charge is 0.264 e. The van der Waals surface area contributed by atoms with E-state index in [0.29, 0.717) is 33.6 Å². The van der Waals surface area contributed by atoms with Crippen LogP contribution >= 0.6 is 0 Å². The molecule has 2 heterocycles. The first-order chi connectivity index (χ1) is 13.0. The van der Waals surface area contributed by atoms with Crippen LogP contribution in [0.15, 0.2) is 70.1 Å². The van der Waals surface area contributed by atoms with Gasteiger partial charge in [-0.05, 0) is 43.7 Å². The van der Waals surface area contributed by atoms with Gasteiger partial charge in [-0.3, -0.25) is 14.2 Å². The van der Waals surface area contributed by atoms with Gasteiger partial charge in [0.2, 0.25) is 0 Å². The molecule has 0 saturated carbocycles. The number of carbonyl (C=O) groups excluding carboxylic acids is 1. The molecule has 2 aromatic heterocycles. The minimum Gasteiger partial charge on any atom is -0.360 e. The molecule has 0 saturated heterocycles. The summed E-state index contributed by atoms with van der Waals surface area (Å²) in [4.78, 5) is 25.5. The standard InChI is InChI=1S/C21H17N3O3/c1-13-6-3-4-7-15(13)20(25)22-18-9-5-8-17-16(18)10-11-24(21(17)26)19-12-14(2)27-23-19/h3-12H,1-2H3,(H,22,25). The van der Waals surface area contributed by atoms with Crippen molar-refractivity contribution in [2.75, 3.05) is 5.32 Å². The van der Waals surface area contributed by atoms with Gasteiger partial charge in [-0.1, -0.05) is 29.4 Å². The molecule has 0 spiro atoms. The predicted molar refractivity (Wildman–Crippen MR) is 103 cm³/mol. The first-order valence-corrected chi connectivity index (χ1v) is 8.49. The van der Waals surface area contributed by atoms with Gasteiger partial charge in [0.25, 0.3) is 11.5 Å². The SMILES string of the molecule is Cc1cc(-n2ccc3c(NC(=O)c4ccccc4C)cccc3c2=O)no1. The number of anilines is 1. The fourth-order valence-electron chi connectivity index (χ4n) is 3.05. The van der Waals surface area contributed by atoms with E-state index in [1.165, 1.54) is 4.57 Å². The van der Waals surface area contributed by atoms with Crippen LogP contribution in [0.4, 0.5) is 5.69 Å². The van der Waals surface area contributed by atoms with Crippen LogP contribution in [0.3, 0.4) is 0 Å². The Morgan fingerprint density at radius 1 is 1.04 bits per heavy atom. The third-order valence-electron chi connectivity index (χ3n) is 4.45. The van der Waals surface area contributed by atoms with E-state index >= 15 is 0 Å². The number of aromatic nitrogens is 2. The molecule has 0 fully saturated rings. The Bertz CT molecular complexity index is 1220. The Kier molecular flexibility index (Phi) is 4.08. The normalized spacial score (nSPS) is 10.9. The van der Waals surface area contributed by atoms with Crippen LogP contribution < -0.4 is 10.9 Å². The molecule has 6 nitrogen and oxygen atoms in total. The van der Waals surface area contributed by atoms with Crippen molar-refractivity contribution < 1.29 is 9.32 Å². The molecular weight excluding hydrogens is 342 g/mol. The molecule has 0 radical (unpaired) electrons. The summed E-state index contributed by atoms with van der Waals surface area (Å²) in [6, 6.07) is 16.1. The Labute approximate surface area is 155 Å². The van der Waals surface area contributed by atoms with Crippen molar-refractivity contribution in [3.8, 4) is 5.82 Å². The highest BCUT2D eigenvalue weighted by molar-refractivity contribution is 6.09. The second-order valence-corrected chi connectivity index (χ2v) is 6.32. The van der Waals surface area contributed by atoms with Gasteiger partial charge < -0.3 is 9.84 Å². The third kappa shape index (κ3) is 3.01. The summed E-state index contributed by atoms with van der Waals surface area (Å²) in [6.07, 6.45) is 1.63. The fraction of sp³-hybridized carbons (Fsp3) is 0.0952. The van der Waals surface area contributed by atoms with Crippen molar-refractivity contribution in [2.45, 2.75) is 13.8 Å². The highest BCUT2D eigenvalue weighted by Crippen LogP contribution is 2.22. The number of nitrogens with zero attached hydrogens (tertiary/aromatic N) is 2. The summed E-state index contributed by atoms with van der Waals surface area (Å²) < 4.78 is 6.48. The summed E-state index contributed by atoms with van der Waals surface area (Å²) in [7, 11) is 0. The van der Waals surface area contributed by atoms with Crippen LogP contribution in [-0.2, 0) is 0 Å². The highest BCUT2D eigenvalue weighted by Gasteiger charge is 2.13. The molecule has 6 heteroatoms. The number of fused-ring (bicyclic) bond motifs is 1. The van der Waals surface area contributed by atoms with Gasteiger partial charge in [0.15, 0.2) is 5.82 Å². The lowest BCUT2D eigenvalue weighted by molar-refractivity contribution is 0.102. The van der Waals surface area contributed by atoms with Crippen LogP contribution in [0.5, 0.6) is 0 Å². The number of pyridine rings is 1. The molecule has 1 amide bonds. The molecule has 27 heavy (non-hydrogen) atoms. The number of benzene rings is 2. The second kappa shape index (κ2) is 6.57. The maximum Gasteiger partial charge on any atom is 0.264 e. The summed E-state index contributed by atoms with van der Waals surface area (Å²) in [5, 5.41) is 7.96. The Balaban J connectivity index is 1.77. The lowest BCUT2D eigenvalue weighted by Gasteiger charge is -2.11. The van der Waals surface area contributed by atoms with Gasteiger partial charge in [-0.15, -0.1) is 0 Å². The zero-order chi connectivity index (χ0) is 19.0. The largest absolute Gasteiger partial charge is 0.360 e. The molecule has 0 bridgehead atoms. The first kappa shape index (κ1) is 16.8. The first-order valence-electron chi connectivity index (χ1n) is 8.49. The minimum atomic E-state index is -0.229. The summed E-state index contributed by atoms with van der Waals surface area (Å²) >= 11 is 0. The third-order valence-corrected chi connectivity index (χ3v) is 4.45. The lowest BCUT2D eigenvalue weighted by Crippen LogP contribution is -2.19. The number of aryl methyl sites for hydroxylation is 2. The van der Waals surface area contributed by atoms with E-state index < -0.39 is 0 Å². The zero-order valence-corrected chi connectivity index (χ0v) is 14.9. The average molecular weight is 359 g/mol. The Morgan fingerprint density at radius 2 is 1.85 bits per heavy atom. The fourth-order valence-corrected chi connectivity index (χ4v) is 3.05. The van der Waals surface area contributed by atoms with E-state index in [1.807, 2.05) is 25.1 Å². The molecule has 0 aliphatic rings.